The number of hydrogen-bond donors (Lipinski definition) is 2. The maximum absolute atomic E-state index is 12.7. The van der Waals surface area contributed by atoms with Crippen LogP contribution in [0, 0.1) is 0 Å². The molecule has 0 spiro atoms. The van der Waals surface area contributed by atoms with Crippen molar-refractivity contribution >= 4 is 16.9 Å². The molecular formula is C26H32N4O4. The molecule has 0 saturated carbocycles. The first kappa shape index (κ1) is 22.5. The van der Waals surface area contributed by atoms with E-state index in [-0.39, 0.29) is 23.7 Å². The second-order valence-corrected chi connectivity index (χ2v) is 9.23. The van der Waals surface area contributed by atoms with E-state index in [1.165, 1.54) is 0 Å². The molecule has 1 fully saturated rings. The highest BCUT2D eigenvalue weighted by molar-refractivity contribution is 5.78. The highest BCUT2D eigenvalue weighted by atomic mass is 16.5. The summed E-state index contributed by atoms with van der Waals surface area (Å²) in [6, 6.07) is 12.0. The number of imidazole rings is 1. The van der Waals surface area contributed by atoms with Crippen molar-refractivity contribution in [3.8, 4) is 11.5 Å². The van der Waals surface area contributed by atoms with Crippen molar-refractivity contribution in [2.24, 2.45) is 0 Å². The minimum absolute atomic E-state index is 0.0139. The smallest absolute Gasteiger partial charge is 0.326 e. The number of fused-ring (bicyclic) bond motifs is 2. The van der Waals surface area contributed by atoms with Crippen LogP contribution in [0.15, 0.2) is 41.2 Å². The van der Waals surface area contributed by atoms with Crippen LogP contribution in [0.1, 0.15) is 43.9 Å². The number of likely N-dealkylation sites (tertiary alicyclic amines) is 1. The molecule has 180 valence electrons. The van der Waals surface area contributed by atoms with Crippen LogP contribution < -0.4 is 20.5 Å². The van der Waals surface area contributed by atoms with Crippen LogP contribution in [0.4, 0.5) is 0 Å². The number of aromatic amines is 1. The lowest BCUT2D eigenvalue weighted by Crippen LogP contribution is -2.42. The standard InChI is InChI=1S/C26H32N4O4/c1-3-33-23-13-18-12-17(2)34-24(18)14-19(23)15-27-25(31)16-29-10-8-20(9-11-29)30-22-7-5-4-6-21(22)28-26(30)32/h4-7,13-14,17,20H,3,8-12,15-16H2,1-2H3,(H,27,31)(H,28,32)/t17-/m1/s1. The molecule has 0 unspecified atom stereocenters. The number of aromatic nitrogens is 2. The van der Waals surface area contributed by atoms with E-state index in [0.29, 0.717) is 19.7 Å². The van der Waals surface area contributed by atoms with Crippen LogP contribution in [0.3, 0.4) is 0 Å². The van der Waals surface area contributed by atoms with Crippen LogP contribution in [0.2, 0.25) is 0 Å². The first-order valence-electron chi connectivity index (χ1n) is 12.2. The molecule has 34 heavy (non-hydrogen) atoms. The fourth-order valence-electron chi connectivity index (χ4n) is 5.13. The number of H-pyrrole nitrogens is 1. The molecule has 1 saturated heterocycles. The zero-order chi connectivity index (χ0) is 23.7. The van der Waals surface area contributed by atoms with Gasteiger partial charge in [-0.3, -0.25) is 14.3 Å². The summed E-state index contributed by atoms with van der Waals surface area (Å²) in [5.74, 6) is 1.68. The Labute approximate surface area is 198 Å². The van der Waals surface area contributed by atoms with Gasteiger partial charge in [-0.05, 0) is 51.0 Å². The SMILES string of the molecule is CCOc1cc2c(cc1CNC(=O)CN1CCC(n3c(=O)[nH]c4ccccc43)CC1)O[C@H](C)C2. The molecule has 5 rings (SSSR count). The Morgan fingerprint density at radius 2 is 2.03 bits per heavy atom. The first-order valence-corrected chi connectivity index (χ1v) is 12.2. The molecule has 8 nitrogen and oxygen atoms in total. The lowest BCUT2D eigenvalue weighted by molar-refractivity contribution is -0.122. The summed E-state index contributed by atoms with van der Waals surface area (Å²) < 4.78 is 13.6. The van der Waals surface area contributed by atoms with Crippen LogP contribution in [0.5, 0.6) is 11.5 Å². The average molecular weight is 465 g/mol. The molecule has 2 N–H and O–H groups in total. The summed E-state index contributed by atoms with van der Waals surface area (Å²) in [6.45, 7) is 6.89. The number of para-hydroxylation sites is 2. The summed E-state index contributed by atoms with van der Waals surface area (Å²) in [5.41, 5.74) is 3.84. The molecule has 8 heteroatoms. The average Bonchev–Trinajstić information content (AvgIpc) is 3.35. The van der Waals surface area contributed by atoms with Gasteiger partial charge in [0.1, 0.15) is 17.6 Å². The first-order chi connectivity index (χ1) is 16.5. The minimum atomic E-state index is -0.0600. The number of benzene rings is 2. The maximum atomic E-state index is 12.7. The molecule has 0 aliphatic carbocycles. The molecule has 1 aromatic heterocycles. The molecule has 0 bridgehead atoms. The van der Waals surface area contributed by atoms with E-state index in [2.05, 4.69) is 22.1 Å². The molecule has 3 heterocycles. The third-order valence-electron chi connectivity index (χ3n) is 6.77. The Morgan fingerprint density at radius 3 is 2.82 bits per heavy atom. The summed E-state index contributed by atoms with van der Waals surface area (Å²) >= 11 is 0. The number of hydrogen-bond acceptors (Lipinski definition) is 5. The molecule has 0 radical (unpaired) electrons. The topological polar surface area (TPSA) is 88.6 Å². The van der Waals surface area contributed by atoms with Gasteiger partial charge >= 0.3 is 5.69 Å². The lowest BCUT2D eigenvalue weighted by atomic mass is 10.0. The molecule has 2 aromatic carbocycles. The zero-order valence-electron chi connectivity index (χ0n) is 19.8. The lowest BCUT2D eigenvalue weighted by Gasteiger charge is -2.32. The fourth-order valence-corrected chi connectivity index (χ4v) is 5.13. The van der Waals surface area contributed by atoms with Gasteiger partial charge in [-0.25, -0.2) is 4.79 Å². The van der Waals surface area contributed by atoms with Gasteiger partial charge in [0.25, 0.3) is 0 Å². The Morgan fingerprint density at radius 1 is 1.24 bits per heavy atom. The van der Waals surface area contributed by atoms with Crippen molar-refractivity contribution in [2.45, 2.75) is 51.8 Å². The second kappa shape index (κ2) is 9.54. The van der Waals surface area contributed by atoms with Crippen LogP contribution >= 0.6 is 0 Å². The van der Waals surface area contributed by atoms with E-state index in [1.807, 2.05) is 47.9 Å². The second-order valence-electron chi connectivity index (χ2n) is 9.23. The molecule has 2 aliphatic heterocycles. The molecule has 1 amide bonds. The van der Waals surface area contributed by atoms with Gasteiger partial charge in [0, 0.05) is 43.2 Å². The predicted molar refractivity (Wildman–Crippen MR) is 131 cm³/mol. The Hall–Kier alpha value is -3.26. The molecular weight excluding hydrogens is 432 g/mol. The van der Waals surface area contributed by atoms with Gasteiger partial charge in [-0.2, -0.15) is 0 Å². The highest BCUT2D eigenvalue weighted by Gasteiger charge is 2.25. The van der Waals surface area contributed by atoms with Crippen molar-refractivity contribution in [3.05, 3.63) is 58.0 Å². The number of rotatable bonds is 7. The summed E-state index contributed by atoms with van der Waals surface area (Å²) in [7, 11) is 0. The van der Waals surface area contributed by atoms with Gasteiger partial charge in [0.05, 0.1) is 24.2 Å². The van der Waals surface area contributed by atoms with E-state index >= 15 is 0 Å². The van der Waals surface area contributed by atoms with Gasteiger partial charge in [-0.1, -0.05) is 12.1 Å². The number of amides is 1. The Balaban J connectivity index is 1.16. The zero-order valence-corrected chi connectivity index (χ0v) is 19.8. The number of ether oxygens (including phenoxy) is 2. The van der Waals surface area contributed by atoms with Gasteiger partial charge in [0.2, 0.25) is 5.91 Å². The van der Waals surface area contributed by atoms with Crippen molar-refractivity contribution in [1.29, 1.82) is 0 Å². The summed E-state index contributed by atoms with van der Waals surface area (Å²) in [4.78, 5) is 30.3. The molecule has 2 aliphatic rings. The largest absolute Gasteiger partial charge is 0.494 e. The quantitative estimate of drug-likeness (QED) is 0.561. The third kappa shape index (κ3) is 4.55. The fraction of sp³-hybridized carbons (Fsp3) is 0.462. The van der Waals surface area contributed by atoms with Crippen LogP contribution in [-0.2, 0) is 17.8 Å². The van der Waals surface area contributed by atoms with Crippen LogP contribution in [-0.4, -0.2) is 52.7 Å². The highest BCUT2D eigenvalue weighted by Crippen LogP contribution is 2.35. The number of carbonyl (C=O) groups is 1. The summed E-state index contributed by atoms with van der Waals surface area (Å²) in [6.07, 6.45) is 2.72. The van der Waals surface area contributed by atoms with Crippen LogP contribution in [0.25, 0.3) is 11.0 Å². The maximum Gasteiger partial charge on any atom is 0.326 e. The number of nitrogens with one attached hydrogen (secondary N) is 2. The van der Waals surface area contributed by atoms with Crippen molar-refractivity contribution in [2.75, 3.05) is 26.2 Å². The number of nitrogens with zero attached hydrogens (tertiary/aromatic N) is 2. The Bertz CT molecular complexity index is 1240. The van der Waals surface area contributed by atoms with Gasteiger partial charge < -0.3 is 19.8 Å². The number of carbonyl (C=O) groups excluding carboxylic acids is 1. The molecule has 1 atom stereocenters. The van der Waals surface area contributed by atoms with Crippen molar-refractivity contribution in [1.82, 2.24) is 19.8 Å². The van der Waals surface area contributed by atoms with Crippen molar-refractivity contribution in [3.63, 3.8) is 0 Å². The predicted octanol–water partition coefficient (Wildman–Crippen LogP) is 3.01. The van der Waals surface area contributed by atoms with E-state index in [1.54, 1.807) is 0 Å². The van der Waals surface area contributed by atoms with E-state index < -0.39 is 0 Å². The van der Waals surface area contributed by atoms with E-state index in [9.17, 15) is 9.59 Å². The van der Waals surface area contributed by atoms with E-state index in [0.717, 1.165) is 66.0 Å². The van der Waals surface area contributed by atoms with Gasteiger partial charge in [-0.15, -0.1) is 0 Å². The minimum Gasteiger partial charge on any atom is -0.494 e. The number of piperidine rings is 1. The normalized spacial score (nSPS) is 18.6. The monoisotopic (exact) mass is 464 g/mol. The Kier molecular flexibility index (Phi) is 6.32. The van der Waals surface area contributed by atoms with Crippen molar-refractivity contribution < 1.29 is 14.3 Å². The van der Waals surface area contributed by atoms with E-state index in [4.69, 9.17) is 9.47 Å². The summed E-state index contributed by atoms with van der Waals surface area (Å²) in [5, 5.41) is 3.04. The third-order valence-corrected chi connectivity index (χ3v) is 6.77. The molecule has 3 aromatic rings. The van der Waals surface area contributed by atoms with Gasteiger partial charge in [0.15, 0.2) is 0 Å².